The molecule has 3 rings (SSSR count). The highest BCUT2D eigenvalue weighted by Crippen LogP contribution is 2.48. The highest BCUT2D eigenvalue weighted by molar-refractivity contribution is 7.93. The van der Waals surface area contributed by atoms with Crippen LogP contribution in [0, 0.1) is 5.82 Å². The molecule has 1 aromatic carbocycles. The Morgan fingerprint density at radius 3 is 2.12 bits per heavy atom. The van der Waals surface area contributed by atoms with Gasteiger partial charge in [-0.1, -0.05) is 6.92 Å². The summed E-state index contributed by atoms with van der Waals surface area (Å²) in [4.78, 5) is 14.0. The van der Waals surface area contributed by atoms with E-state index in [0.717, 1.165) is 43.5 Å². The molecule has 1 saturated carbocycles. The fourth-order valence-electron chi connectivity index (χ4n) is 3.82. The molecule has 2 fully saturated rings. The third-order valence-electron chi connectivity index (χ3n) is 5.76. The molecule has 1 aliphatic heterocycles. The molecule has 1 saturated heterocycles. The van der Waals surface area contributed by atoms with E-state index in [4.69, 9.17) is 0 Å². The normalized spacial score (nSPS) is 22.9. The van der Waals surface area contributed by atoms with E-state index in [1.54, 1.807) is 0 Å². The number of carboxylic acids is 1. The number of hydrogen-bond donors (Lipinski definition) is 1. The molecule has 1 N–H and O–H groups in total. The lowest BCUT2D eigenvalue weighted by Crippen LogP contribution is -2.56. The molecule has 132 valence electrons. The highest BCUT2D eigenvalue weighted by Gasteiger charge is 2.56. The van der Waals surface area contributed by atoms with Gasteiger partial charge in [-0.3, -0.25) is 9.69 Å². The Labute approximate surface area is 141 Å². The lowest BCUT2D eigenvalue weighted by atomic mass is 9.93. The number of hydrogen-bond acceptors (Lipinski definition) is 4. The SMILES string of the molecule is CCC1(N2CCC(C(=O)O)(S(=O)(=O)c3ccc(F)cc3)CC2)CC1. The van der Waals surface area contributed by atoms with Gasteiger partial charge in [-0.2, -0.15) is 0 Å². The Morgan fingerprint density at radius 1 is 1.17 bits per heavy atom. The number of carboxylic acid groups (broad SMARTS) is 1. The molecule has 2 aliphatic rings. The van der Waals surface area contributed by atoms with Crippen molar-refractivity contribution in [1.82, 2.24) is 4.90 Å². The molecule has 0 amide bonds. The second-order valence-electron chi connectivity index (χ2n) is 6.82. The van der Waals surface area contributed by atoms with Crippen LogP contribution >= 0.6 is 0 Å². The van der Waals surface area contributed by atoms with E-state index in [1.807, 2.05) is 0 Å². The van der Waals surface area contributed by atoms with Gasteiger partial charge in [-0.15, -0.1) is 0 Å². The molecular formula is C17H22FNO4S. The first-order valence-electron chi connectivity index (χ1n) is 8.26. The number of carbonyl (C=O) groups is 1. The van der Waals surface area contributed by atoms with E-state index in [2.05, 4.69) is 11.8 Å². The molecule has 0 aromatic heterocycles. The number of aliphatic carboxylic acids is 1. The summed E-state index contributed by atoms with van der Waals surface area (Å²) in [7, 11) is -4.09. The Hall–Kier alpha value is -1.47. The number of likely N-dealkylation sites (tertiary alicyclic amines) is 1. The van der Waals surface area contributed by atoms with Crippen molar-refractivity contribution in [2.24, 2.45) is 0 Å². The van der Waals surface area contributed by atoms with Crippen LogP contribution in [0.25, 0.3) is 0 Å². The Morgan fingerprint density at radius 2 is 1.71 bits per heavy atom. The molecule has 0 spiro atoms. The minimum atomic E-state index is -4.09. The Kier molecular flexibility index (Phi) is 4.20. The summed E-state index contributed by atoms with van der Waals surface area (Å²) in [5, 5.41) is 9.73. The van der Waals surface area contributed by atoms with Crippen LogP contribution in [0.5, 0.6) is 0 Å². The number of benzene rings is 1. The Balaban J connectivity index is 1.90. The molecule has 0 radical (unpaired) electrons. The predicted octanol–water partition coefficient (Wildman–Crippen LogP) is 2.46. The average molecular weight is 355 g/mol. The van der Waals surface area contributed by atoms with Gasteiger partial charge in [0.25, 0.3) is 0 Å². The fourth-order valence-corrected chi connectivity index (χ4v) is 5.71. The molecule has 0 bridgehead atoms. The van der Waals surface area contributed by atoms with Gasteiger partial charge in [0.05, 0.1) is 4.90 Å². The van der Waals surface area contributed by atoms with Gasteiger partial charge >= 0.3 is 5.97 Å². The number of sulfone groups is 1. The second kappa shape index (κ2) is 5.81. The molecule has 0 unspecified atom stereocenters. The second-order valence-corrected chi connectivity index (χ2v) is 9.08. The molecule has 1 heterocycles. The molecule has 5 nitrogen and oxygen atoms in total. The minimum absolute atomic E-state index is 0.0593. The van der Waals surface area contributed by atoms with E-state index in [1.165, 1.54) is 0 Å². The van der Waals surface area contributed by atoms with E-state index < -0.39 is 26.4 Å². The topological polar surface area (TPSA) is 74.7 Å². The largest absolute Gasteiger partial charge is 0.480 e. The quantitative estimate of drug-likeness (QED) is 0.821. The van der Waals surface area contributed by atoms with Crippen LogP contribution in [0.15, 0.2) is 29.2 Å². The van der Waals surface area contributed by atoms with Crippen molar-refractivity contribution in [2.45, 2.75) is 54.2 Å². The van der Waals surface area contributed by atoms with Gasteiger partial charge in [-0.05, 0) is 56.4 Å². The molecule has 24 heavy (non-hydrogen) atoms. The van der Waals surface area contributed by atoms with Crippen LogP contribution in [0.1, 0.15) is 39.0 Å². The average Bonchev–Trinajstić information content (AvgIpc) is 3.36. The van der Waals surface area contributed by atoms with Crippen molar-refractivity contribution < 1.29 is 22.7 Å². The van der Waals surface area contributed by atoms with Crippen LogP contribution in [-0.4, -0.2) is 47.8 Å². The zero-order valence-corrected chi connectivity index (χ0v) is 14.5. The number of nitrogens with zero attached hydrogens (tertiary/aromatic N) is 1. The van der Waals surface area contributed by atoms with Crippen molar-refractivity contribution in [2.75, 3.05) is 13.1 Å². The van der Waals surface area contributed by atoms with Gasteiger partial charge < -0.3 is 5.11 Å². The van der Waals surface area contributed by atoms with Crippen molar-refractivity contribution in [1.29, 1.82) is 0 Å². The van der Waals surface area contributed by atoms with Gasteiger partial charge in [-0.25, -0.2) is 12.8 Å². The van der Waals surface area contributed by atoms with E-state index in [-0.39, 0.29) is 23.3 Å². The monoisotopic (exact) mass is 355 g/mol. The van der Waals surface area contributed by atoms with Crippen molar-refractivity contribution in [3.05, 3.63) is 30.1 Å². The predicted molar refractivity (Wildman–Crippen MR) is 87.0 cm³/mol. The first-order valence-corrected chi connectivity index (χ1v) is 9.74. The molecule has 0 atom stereocenters. The zero-order valence-electron chi connectivity index (χ0n) is 13.7. The third-order valence-corrected chi connectivity index (χ3v) is 8.26. The lowest BCUT2D eigenvalue weighted by Gasteiger charge is -2.42. The number of rotatable bonds is 5. The minimum Gasteiger partial charge on any atom is -0.480 e. The summed E-state index contributed by atoms with van der Waals surface area (Å²) in [6.45, 7) is 3.03. The molecule has 7 heteroatoms. The van der Waals surface area contributed by atoms with Crippen LogP contribution in [0.4, 0.5) is 4.39 Å². The van der Waals surface area contributed by atoms with Crippen LogP contribution in [0.2, 0.25) is 0 Å². The fraction of sp³-hybridized carbons (Fsp3) is 0.588. The third kappa shape index (κ3) is 2.54. The van der Waals surface area contributed by atoms with Crippen molar-refractivity contribution in [3.8, 4) is 0 Å². The maximum atomic E-state index is 13.1. The summed E-state index contributed by atoms with van der Waals surface area (Å²) in [6, 6.07) is 4.40. The molecule has 1 aliphatic carbocycles. The summed E-state index contributed by atoms with van der Waals surface area (Å²) in [5.74, 6) is -1.86. The van der Waals surface area contributed by atoms with E-state index in [9.17, 15) is 22.7 Å². The van der Waals surface area contributed by atoms with Crippen LogP contribution < -0.4 is 0 Å². The Bertz CT molecular complexity index is 732. The smallest absolute Gasteiger partial charge is 0.325 e. The lowest BCUT2D eigenvalue weighted by molar-refractivity contribution is -0.141. The van der Waals surface area contributed by atoms with Crippen LogP contribution in [-0.2, 0) is 14.6 Å². The molecule has 1 aromatic rings. The summed E-state index contributed by atoms with van der Waals surface area (Å²) < 4.78 is 37.2. The summed E-state index contributed by atoms with van der Waals surface area (Å²) >= 11 is 0. The highest BCUT2D eigenvalue weighted by atomic mass is 32.2. The van der Waals surface area contributed by atoms with E-state index in [0.29, 0.717) is 13.1 Å². The molecular weight excluding hydrogens is 333 g/mol. The summed E-state index contributed by atoms with van der Waals surface area (Å²) in [5.41, 5.74) is 0.143. The van der Waals surface area contributed by atoms with Gasteiger partial charge in [0, 0.05) is 18.6 Å². The zero-order chi connectivity index (χ0) is 17.6. The van der Waals surface area contributed by atoms with E-state index >= 15 is 0 Å². The van der Waals surface area contributed by atoms with Gasteiger partial charge in [0.1, 0.15) is 5.82 Å². The standard InChI is InChI=1S/C17H22FNO4S/c1-2-16(7-8-16)19-11-9-17(10-12-19,15(20)21)24(22,23)14-5-3-13(18)4-6-14/h3-6H,2,7-12H2,1H3,(H,20,21). The van der Waals surface area contributed by atoms with Crippen LogP contribution in [0.3, 0.4) is 0 Å². The number of halogens is 1. The van der Waals surface area contributed by atoms with Crippen molar-refractivity contribution >= 4 is 15.8 Å². The van der Waals surface area contributed by atoms with Crippen molar-refractivity contribution in [3.63, 3.8) is 0 Å². The first kappa shape index (κ1) is 17.4. The van der Waals surface area contributed by atoms with Gasteiger partial charge in [0.15, 0.2) is 14.6 Å². The summed E-state index contributed by atoms with van der Waals surface area (Å²) in [6.07, 6.45) is 3.30. The van der Waals surface area contributed by atoms with Gasteiger partial charge in [0.2, 0.25) is 0 Å². The number of piperidine rings is 1. The maximum absolute atomic E-state index is 13.1. The first-order chi connectivity index (χ1) is 11.3. The maximum Gasteiger partial charge on any atom is 0.325 e.